The molecule has 1 fully saturated rings. The summed E-state index contributed by atoms with van der Waals surface area (Å²) in [6.45, 7) is 1.88. The Morgan fingerprint density at radius 2 is 2.50 bits per heavy atom. The molecule has 5 heteroatoms. The van der Waals surface area contributed by atoms with Gasteiger partial charge in [0.25, 0.3) is 0 Å². The largest absolute Gasteiger partial charge is 0.456 e. The number of carbonyl (C=O) groups is 1. The molecule has 3 nitrogen and oxygen atoms in total. The summed E-state index contributed by atoms with van der Waals surface area (Å²) in [7, 11) is 0. The smallest absolute Gasteiger partial charge is 0.377 e. The average Bonchev–Trinajstić information content (AvgIpc) is 2.37. The molecule has 0 amide bonds. The van der Waals surface area contributed by atoms with Crippen molar-refractivity contribution in [3.05, 3.63) is 0 Å². The number of carbonyl (C=O) groups excluding carboxylic acids is 1. The summed E-state index contributed by atoms with van der Waals surface area (Å²) in [5.41, 5.74) is 0. The van der Waals surface area contributed by atoms with Crippen LogP contribution in [0, 0.1) is 12.3 Å². The van der Waals surface area contributed by atoms with Gasteiger partial charge in [-0.15, -0.1) is 6.42 Å². The van der Waals surface area contributed by atoms with Crippen LogP contribution in [0.25, 0.3) is 0 Å². The topological polar surface area (TPSA) is 38.3 Å². The van der Waals surface area contributed by atoms with Gasteiger partial charge in [0.2, 0.25) is 0 Å². The van der Waals surface area contributed by atoms with E-state index in [1.165, 1.54) is 0 Å². The molecular formula is C9H11F2NO2. The van der Waals surface area contributed by atoms with Crippen molar-refractivity contribution in [2.45, 2.75) is 31.4 Å². The molecule has 2 unspecified atom stereocenters. The van der Waals surface area contributed by atoms with E-state index in [4.69, 9.17) is 6.42 Å². The van der Waals surface area contributed by atoms with E-state index in [1.54, 1.807) is 6.92 Å². The second-order valence-corrected chi connectivity index (χ2v) is 3.23. The summed E-state index contributed by atoms with van der Waals surface area (Å²) in [6, 6.07) is -0.220. The van der Waals surface area contributed by atoms with Crippen LogP contribution in [0.1, 0.15) is 13.3 Å². The van der Waals surface area contributed by atoms with Gasteiger partial charge in [-0.2, -0.15) is 8.78 Å². The lowest BCUT2D eigenvalue weighted by Crippen LogP contribution is -2.33. The fourth-order valence-electron chi connectivity index (χ4n) is 1.13. The molecule has 14 heavy (non-hydrogen) atoms. The molecule has 0 saturated carbocycles. The highest BCUT2D eigenvalue weighted by Gasteiger charge is 2.50. The zero-order chi connectivity index (χ0) is 10.8. The summed E-state index contributed by atoms with van der Waals surface area (Å²) >= 11 is 0. The molecule has 1 aliphatic heterocycles. The monoisotopic (exact) mass is 203 g/mol. The van der Waals surface area contributed by atoms with Crippen LogP contribution in [0.4, 0.5) is 8.78 Å². The number of cyclic esters (lactones) is 1. The van der Waals surface area contributed by atoms with Crippen molar-refractivity contribution in [3.8, 4) is 12.3 Å². The number of hydrogen-bond acceptors (Lipinski definition) is 3. The summed E-state index contributed by atoms with van der Waals surface area (Å²) < 4.78 is 29.8. The standard InChI is InChI=1S/C9H11F2NO2/c1-3-6(2)12-5-7-4-9(10,11)8(13)14-7/h1,6-7,12H,4-5H2,2H3. The lowest BCUT2D eigenvalue weighted by atomic mass is 10.2. The minimum Gasteiger partial charge on any atom is -0.456 e. The molecule has 2 atom stereocenters. The van der Waals surface area contributed by atoms with Crippen LogP contribution in [-0.2, 0) is 9.53 Å². The van der Waals surface area contributed by atoms with Crippen molar-refractivity contribution < 1.29 is 18.3 Å². The number of alkyl halides is 2. The number of halogens is 2. The van der Waals surface area contributed by atoms with Gasteiger partial charge in [-0.1, -0.05) is 5.92 Å². The van der Waals surface area contributed by atoms with Crippen LogP contribution in [0.2, 0.25) is 0 Å². The summed E-state index contributed by atoms with van der Waals surface area (Å²) in [5.74, 6) is -2.41. The Bertz CT molecular complexity index is 272. The highest BCUT2D eigenvalue weighted by Crippen LogP contribution is 2.30. The highest BCUT2D eigenvalue weighted by molar-refractivity contribution is 5.79. The highest BCUT2D eigenvalue weighted by atomic mass is 19.3. The molecule has 0 bridgehead atoms. The fraction of sp³-hybridized carbons (Fsp3) is 0.667. The number of rotatable bonds is 3. The Kier molecular flexibility index (Phi) is 3.06. The van der Waals surface area contributed by atoms with Crippen molar-refractivity contribution in [2.75, 3.05) is 6.54 Å². The minimum absolute atomic E-state index is 0.159. The predicted octanol–water partition coefficient (Wildman–Crippen LogP) is 0.548. The van der Waals surface area contributed by atoms with E-state index in [2.05, 4.69) is 16.0 Å². The fourth-order valence-corrected chi connectivity index (χ4v) is 1.13. The molecule has 0 aromatic carbocycles. The molecule has 1 rings (SSSR count). The van der Waals surface area contributed by atoms with Gasteiger partial charge < -0.3 is 10.1 Å². The molecule has 1 aliphatic rings. The average molecular weight is 203 g/mol. The van der Waals surface area contributed by atoms with Gasteiger partial charge in [-0.25, -0.2) is 4.79 Å². The number of hydrogen-bond donors (Lipinski definition) is 1. The molecule has 1 heterocycles. The Morgan fingerprint density at radius 1 is 1.86 bits per heavy atom. The quantitative estimate of drug-likeness (QED) is 0.537. The van der Waals surface area contributed by atoms with Gasteiger partial charge in [0.15, 0.2) is 0 Å². The Balaban J connectivity index is 2.37. The van der Waals surface area contributed by atoms with Gasteiger partial charge in [-0.05, 0) is 6.92 Å². The van der Waals surface area contributed by atoms with Crippen LogP contribution in [0.15, 0.2) is 0 Å². The number of terminal acetylenes is 1. The maximum absolute atomic E-state index is 12.7. The third kappa shape index (κ3) is 2.42. The van der Waals surface area contributed by atoms with E-state index in [0.29, 0.717) is 0 Å². The third-order valence-electron chi connectivity index (χ3n) is 1.96. The van der Waals surface area contributed by atoms with E-state index in [-0.39, 0.29) is 12.6 Å². The normalized spacial score (nSPS) is 26.7. The molecule has 1 saturated heterocycles. The minimum atomic E-state index is -3.34. The number of esters is 1. The Hall–Kier alpha value is -1.15. The van der Waals surface area contributed by atoms with Gasteiger partial charge in [0.1, 0.15) is 6.10 Å². The first-order chi connectivity index (χ1) is 6.45. The van der Waals surface area contributed by atoms with Gasteiger partial charge >= 0.3 is 11.9 Å². The lowest BCUT2D eigenvalue weighted by molar-refractivity contribution is -0.159. The zero-order valence-corrected chi connectivity index (χ0v) is 7.72. The SMILES string of the molecule is C#CC(C)NCC1CC(F)(F)C(=O)O1. The van der Waals surface area contributed by atoms with Crippen molar-refractivity contribution in [3.63, 3.8) is 0 Å². The number of nitrogens with one attached hydrogen (secondary N) is 1. The van der Waals surface area contributed by atoms with Gasteiger partial charge in [0.05, 0.1) is 12.5 Å². The van der Waals surface area contributed by atoms with E-state index in [0.717, 1.165) is 0 Å². The van der Waals surface area contributed by atoms with E-state index < -0.39 is 24.4 Å². The maximum atomic E-state index is 12.7. The molecule has 0 aliphatic carbocycles. The first-order valence-corrected chi connectivity index (χ1v) is 4.24. The van der Waals surface area contributed by atoms with Gasteiger partial charge in [0, 0.05) is 6.54 Å². The number of ether oxygens (including phenoxy) is 1. The molecule has 78 valence electrons. The van der Waals surface area contributed by atoms with Crippen LogP contribution in [0.5, 0.6) is 0 Å². The Labute approximate surface area is 80.8 Å². The van der Waals surface area contributed by atoms with Gasteiger partial charge in [-0.3, -0.25) is 0 Å². The molecule has 0 aromatic heterocycles. The molecule has 0 radical (unpaired) electrons. The van der Waals surface area contributed by atoms with Crippen molar-refractivity contribution in [2.24, 2.45) is 0 Å². The van der Waals surface area contributed by atoms with Crippen LogP contribution >= 0.6 is 0 Å². The van der Waals surface area contributed by atoms with Crippen molar-refractivity contribution in [1.29, 1.82) is 0 Å². The van der Waals surface area contributed by atoms with E-state index in [9.17, 15) is 13.6 Å². The van der Waals surface area contributed by atoms with E-state index in [1.807, 2.05) is 0 Å². The van der Waals surface area contributed by atoms with Crippen molar-refractivity contribution >= 4 is 5.97 Å². The second kappa shape index (κ2) is 3.93. The first-order valence-electron chi connectivity index (χ1n) is 4.24. The summed E-state index contributed by atoms with van der Waals surface area (Å²) in [4.78, 5) is 10.6. The van der Waals surface area contributed by atoms with Crippen molar-refractivity contribution in [1.82, 2.24) is 5.32 Å². The molecular weight excluding hydrogens is 192 g/mol. The lowest BCUT2D eigenvalue weighted by Gasteiger charge is -2.11. The second-order valence-electron chi connectivity index (χ2n) is 3.23. The zero-order valence-electron chi connectivity index (χ0n) is 7.72. The molecule has 1 N–H and O–H groups in total. The van der Waals surface area contributed by atoms with Crippen LogP contribution in [0.3, 0.4) is 0 Å². The van der Waals surface area contributed by atoms with E-state index >= 15 is 0 Å². The molecule has 0 aromatic rings. The maximum Gasteiger partial charge on any atom is 0.377 e. The third-order valence-corrected chi connectivity index (χ3v) is 1.96. The predicted molar refractivity (Wildman–Crippen MR) is 45.7 cm³/mol. The Morgan fingerprint density at radius 3 is 2.93 bits per heavy atom. The summed E-state index contributed by atoms with van der Waals surface area (Å²) in [5, 5.41) is 2.79. The first kappa shape index (κ1) is 10.9. The van der Waals surface area contributed by atoms with Crippen LogP contribution < -0.4 is 5.32 Å². The summed E-state index contributed by atoms with van der Waals surface area (Å²) in [6.07, 6.45) is 3.71. The molecule has 0 spiro atoms. The van der Waals surface area contributed by atoms with Crippen LogP contribution in [-0.4, -0.2) is 30.6 Å².